The zero-order valence-electron chi connectivity index (χ0n) is 12.3. The monoisotopic (exact) mass is 370 g/mol. The maximum absolute atomic E-state index is 12.2. The molecule has 116 valence electrons. The maximum atomic E-state index is 12.2. The number of fused-ring (bicyclic) bond motifs is 1. The van der Waals surface area contributed by atoms with Crippen LogP contribution in [-0.2, 0) is 11.2 Å². The molecule has 0 unspecified atom stereocenters. The molecule has 0 saturated heterocycles. The maximum Gasteiger partial charge on any atom is 0.242 e. The number of amides is 1. The largest absolute Gasteiger partial charge is 0.463 e. The van der Waals surface area contributed by atoms with Gasteiger partial charge in [-0.2, -0.15) is 0 Å². The van der Waals surface area contributed by atoms with Crippen molar-refractivity contribution in [1.82, 2.24) is 10.9 Å². The zero-order valence-corrected chi connectivity index (χ0v) is 13.9. The number of nitrogens with one attached hydrogen (secondary N) is 2. The van der Waals surface area contributed by atoms with Crippen molar-refractivity contribution in [2.24, 2.45) is 0 Å². The van der Waals surface area contributed by atoms with Crippen molar-refractivity contribution in [3.05, 3.63) is 77.2 Å². The first kappa shape index (κ1) is 15.4. The Labute approximate surface area is 142 Å². The summed E-state index contributed by atoms with van der Waals surface area (Å²) in [7, 11) is 0. The third kappa shape index (κ3) is 3.46. The molecule has 0 bridgehead atoms. The summed E-state index contributed by atoms with van der Waals surface area (Å²) in [4.78, 5) is 12.2. The third-order valence-electron chi connectivity index (χ3n) is 3.48. The number of benzene rings is 2. The van der Waals surface area contributed by atoms with Crippen LogP contribution >= 0.6 is 15.9 Å². The second-order valence-electron chi connectivity index (χ2n) is 5.06. The molecular weight excluding hydrogens is 356 g/mol. The molecule has 0 fully saturated rings. The standard InChI is InChI=1S/C18H15BrN2O2/c1-12(17-7-4-10-23-17)20-21-18(22)11-13-8-9-16(19)15-6-3-2-5-14(13)15/h2-10,20H,1,11H2,(H,21,22). The van der Waals surface area contributed by atoms with E-state index in [-0.39, 0.29) is 12.3 Å². The Morgan fingerprint density at radius 1 is 1.04 bits per heavy atom. The second kappa shape index (κ2) is 6.71. The van der Waals surface area contributed by atoms with Gasteiger partial charge in [0.1, 0.15) is 0 Å². The van der Waals surface area contributed by atoms with Gasteiger partial charge in [-0.05, 0) is 34.5 Å². The van der Waals surface area contributed by atoms with Crippen LogP contribution in [0.15, 0.2) is 70.3 Å². The van der Waals surface area contributed by atoms with Crippen LogP contribution in [0.5, 0.6) is 0 Å². The Balaban J connectivity index is 1.69. The summed E-state index contributed by atoms with van der Waals surface area (Å²) in [5.41, 5.74) is 6.87. The number of hydrogen-bond acceptors (Lipinski definition) is 3. The van der Waals surface area contributed by atoms with Crippen molar-refractivity contribution in [2.45, 2.75) is 6.42 Å². The highest BCUT2D eigenvalue weighted by atomic mass is 79.9. The molecule has 0 atom stereocenters. The van der Waals surface area contributed by atoms with Gasteiger partial charge in [0.05, 0.1) is 18.4 Å². The summed E-state index contributed by atoms with van der Waals surface area (Å²) in [5, 5.41) is 2.15. The lowest BCUT2D eigenvalue weighted by atomic mass is 10.0. The molecule has 0 aliphatic carbocycles. The molecule has 1 amide bonds. The summed E-state index contributed by atoms with van der Waals surface area (Å²) >= 11 is 3.53. The second-order valence-corrected chi connectivity index (χ2v) is 5.91. The first-order valence-corrected chi connectivity index (χ1v) is 7.88. The average molecular weight is 371 g/mol. The SMILES string of the molecule is C=C(NNC(=O)Cc1ccc(Br)c2ccccc12)c1ccco1. The number of carbonyl (C=O) groups excluding carboxylic acids is 1. The molecule has 1 heterocycles. The highest BCUT2D eigenvalue weighted by Crippen LogP contribution is 2.27. The fourth-order valence-electron chi connectivity index (χ4n) is 2.35. The number of carbonyl (C=O) groups is 1. The van der Waals surface area contributed by atoms with Crippen LogP contribution < -0.4 is 10.9 Å². The topological polar surface area (TPSA) is 54.3 Å². The van der Waals surface area contributed by atoms with E-state index >= 15 is 0 Å². The van der Waals surface area contributed by atoms with Crippen LogP contribution in [0.4, 0.5) is 0 Å². The minimum atomic E-state index is -0.148. The van der Waals surface area contributed by atoms with Gasteiger partial charge in [-0.3, -0.25) is 15.6 Å². The van der Waals surface area contributed by atoms with Crippen LogP contribution in [-0.4, -0.2) is 5.91 Å². The van der Waals surface area contributed by atoms with E-state index in [2.05, 4.69) is 33.4 Å². The fraction of sp³-hybridized carbons (Fsp3) is 0.0556. The van der Waals surface area contributed by atoms with E-state index in [9.17, 15) is 4.79 Å². The van der Waals surface area contributed by atoms with Crippen LogP contribution in [0.3, 0.4) is 0 Å². The fourth-order valence-corrected chi connectivity index (χ4v) is 2.83. The highest BCUT2D eigenvalue weighted by molar-refractivity contribution is 9.10. The van der Waals surface area contributed by atoms with E-state index in [0.717, 1.165) is 20.8 Å². The average Bonchev–Trinajstić information content (AvgIpc) is 3.10. The predicted octanol–water partition coefficient (Wildman–Crippen LogP) is 4.03. The van der Waals surface area contributed by atoms with Gasteiger partial charge in [0.15, 0.2) is 5.76 Å². The van der Waals surface area contributed by atoms with E-state index < -0.39 is 0 Å². The van der Waals surface area contributed by atoms with Crippen molar-refractivity contribution >= 4 is 38.3 Å². The van der Waals surface area contributed by atoms with Gasteiger partial charge in [0.25, 0.3) is 0 Å². The Morgan fingerprint density at radius 2 is 1.83 bits per heavy atom. The predicted molar refractivity (Wildman–Crippen MR) is 94.4 cm³/mol. The van der Waals surface area contributed by atoms with E-state index in [1.807, 2.05) is 36.4 Å². The van der Waals surface area contributed by atoms with Crippen molar-refractivity contribution in [2.75, 3.05) is 0 Å². The molecule has 3 aromatic rings. The smallest absolute Gasteiger partial charge is 0.242 e. The van der Waals surface area contributed by atoms with E-state index in [0.29, 0.717) is 11.5 Å². The molecule has 2 aromatic carbocycles. The summed E-state index contributed by atoms with van der Waals surface area (Å²) in [5.74, 6) is 0.435. The number of hydrogen-bond donors (Lipinski definition) is 2. The number of halogens is 1. The molecule has 4 nitrogen and oxygen atoms in total. The van der Waals surface area contributed by atoms with Crippen molar-refractivity contribution in [1.29, 1.82) is 0 Å². The molecule has 5 heteroatoms. The van der Waals surface area contributed by atoms with Crippen LogP contribution in [0, 0.1) is 0 Å². The van der Waals surface area contributed by atoms with Crippen molar-refractivity contribution in [3.63, 3.8) is 0 Å². The molecule has 0 saturated carbocycles. The molecule has 1 aromatic heterocycles. The van der Waals surface area contributed by atoms with E-state index in [4.69, 9.17) is 4.42 Å². The Kier molecular flexibility index (Phi) is 4.48. The third-order valence-corrected chi connectivity index (χ3v) is 4.18. The highest BCUT2D eigenvalue weighted by Gasteiger charge is 2.09. The molecule has 0 aliphatic rings. The summed E-state index contributed by atoms with van der Waals surface area (Å²) in [6.45, 7) is 3.81. The molecule has 23 heavy (non-hydrogen) atoms. The quantitative estimate of drug-likeness (QED) is 0.666. The molecule has 0 aliphatic heterocycles. The van der Waals surface area contributed by atoms with Gasteiger partial charge in [-0.25, -0.2) is 0 Å². The van der Waals surface area contributed by atoms with Gasteiger partial charge in [-0.1, -0.05) is 52.8 Å². The molecule has 3 rings (SSSR count). The Morgan fingerprint density at radius 3 is 2.57 bits per heavy atom. The first-order valence-electron chi connectivity index (χ1n) is 7.09. The number of hydrazine groups is 1. The normalized spacial score (nSPS) is 10.5. The van der Waals surface area contributed by atoms with Crippen molar-refractivity contribution < 1.29 is 9.21 Å². The number of rotatable bonds is 5. The lowest BCUT2D eigenvalue weighted by molar-refractivity contribution is -0.121. The van der Waals surface area contributed by atoms with Gasteiger partial charge < -0.3 is 4.42 Å². The lowest BCUT2D eigenvalue weighted by Gasteiger charge is -2.11. The molecular formula is C18H15BrN2O2. The molecule has 2 N–H and O–H groups in total. The van der Waals surface area contributed by atoms with Crippen LogP contribution in [0.25, 0.3) is 16.5 Å². The molecule has 0 radical (unpaired) electrons. The zero-order chi connectivity index (χ0) is 16.2. The summed E-state index contributed by atoms with van der Waals surface area (Å²) in [6.07, 6.45) is 1.82. The number of furan rings is 1. The van der Waals surface area contributed by atoms with Gasteiger partial charge in [0, 0.05) is 4.47 Å². The first-order chi connectivity index (χ1) is 11.1. The minimum Gasteiger partial charge on any atom is -0.463 e. The van der Waals surface area contributed by atoms with Crippen molar-refractivity contribution in [3.8, 4) is 0 Å². The van der Waals surface area contributed by atoms with Crippen LogP contribution in [0.1, 0.15) is 11.3 Å². The lowest BCUT2D eigenvalue weighted by Crippen LogP contribution is -2.36. The van der Waals surface area contributed by atoms with Crippen LogP contribution in [0.2, 0.25) is 0 Å². The van der Waals surface area contributed by atoms with Gasteiger partial charge >= 0.3 is 0 Å². The Bertz CT molecular complexity index is 857. The summed E-state index contributed by atoms with van der Waals surface area (Å²) in [6, 6.07) is 15.4. The van der Waals surface area contributed by atoms with Gasteiger partial charge in [0.2, 0.25) is 5.91 Å². The van der Waals surface area contributed by atoms with Gasteiger partial charge in [-0.15, -0.1) is 0 Å². The Hall–Kier alpha value is -2.53. The van der Waals surface area contributed by atoms with E-state index in [1.165, 1.54) is 0 Å². The molecule has 0 spiro atoms. The van der Waals surface area contributed by atoms with E-state index in [1.54, 1.807) is 18.4 Å². The minimum absolute atomic E-state index is 0.148. The summed E-state index contributed by atoms with van der Waals surface area (Å²) < 4.78 is 6.21.